The van der Waals surface area contributed by atoms with Crippen molar-refractivity contribution >= 4 is 97.3 Å². The molecule has 1 heterocycles. The Balaban J connectivity index is 1.00. The van der Waals surface area contributed by atoms with Gasteiger partial charge in [0.1, 0.15) is 11.2 Å². The number of hydrogen-bond donors (Lipinski definition) is 0. The molecule has 65 heavy (non-hydrogen) atoms. The van der Waals surface area contributed by atoms with E-state index in [1.165, 1.54) is 125 Å². The van der Waals surface area contributed by atoms with E-state index >= 15 is 0 Å². The summed E-state index contributed by atoms with van der Waals surface area (Å²) in [6.45, 7) is 0. The van der Waals surface area contributed by atoms with Crippen molar-refractivity contribution in [2.75, 3.05) is 0 Å². The van der Waals surface area contributed by atoms with Crippen LogP contribution in [-0.2, 0) is 0 Å². The first-order chi connectivity index (χ1) is 32.2. The molecule has 0 spiro atoms. The zero-order chi connectivity index (χ0) is 42.6. The largest absolute Gasteiger partial charge is 0.456 e. The van der Waals surface area contributed by atoms with Crippen molar-refractivity contribution in [1.29, 1.82) is 0 Å². The molecule has 14 rings (SSSR count). The first-order valence-electron chi connectivity index (χ1n) is 22.5. The van der Waals surface area contributed by atoms with Gasteiger partial charge in [0.25, 0.3) is 0 Å². The third-order valence-corrected chi connectivity index (χ3v) is 14.0. The van der Waals surface area contributed by atoms with Crippen molar-refractivity contribution in [3.63, 3.8) is 0 Å². The minimum absolute atomic E-state index is 0.916. The van der Waals surface area contributed by atoms with Crippen LogP contribution in [-0.4, -0.2) is 0 Å². The summed E-state index contributed by atoms with van der Waals surface area (Å²) in [7, 11) is 0. The molecule has 300 valence electrons. The van der Waals surface area contributed by atoms with Crippen molar-refractivity contribution in [2.45, 2.75) is 0 Å². The van der Waals surface area contributed by atoms with Gasteiger partial charge in [0.05, 0.1) is 0 Å². The van der Waals surface area contributed by atoms with E-state index in [0.29, 0.717) is 0 Å². The fourth-order valence-corrected chi connectivity index (χ4v) is 11.0. The van der Waals surface area contributed by atoms with E-state index in [2.05, 4.69) is 231 Å². The maximum Gasteiger partial charge on any atom is 0.136 e. The Kier molecular flexibility index (Phi) is 7.75. The second-order valence-corrected chi connectivity index (χ2v) is 17.5. The molecule has 0 aliphatic rings. The number of fused-ring (bicyclic) bond motifs is 16. The van der Waals surface area contributed by atoms with Crippen LogP contribution in [0.15, 0.2) is 235 Å². The summed E-state index contributed by atoms with van der Waals surface area (Å²) < 4.78 is 6.64. The van der Waals surface area contributed by atoms with Gasteiger partial charge in [-0.25, -0.2) is 0 Å². The average molecular weight is 823 g/mol. The SMILES string of the molecule is c1ccc(-c2cc(-c3ccccc3)cc(-c3cc4c5ccccc5c(-c5ccc6c(c5)c5ccccc5c5cc7c(cc65)oc5ccc6ccccc6c57)cc4c4ccccc34)c2)cc1. The summed E-state index contributed by atoms with van der Waals surface area (Å²) in [5.74, 6) is 0. The van der Waals surface area contributed by atoms with Crippen LogP contribution in [0, 0.1) is 0 Å². The zero-order valence-electron chi connectivity index (χ0n) is 35.3. The monoisotopic (exact) mass is 822 g/mol. The standard InChI is InChI=1S/C64H38O/c1-3-15-39(16-4-1)43-31-44(40-17-5-2-6-18-40)33-45(32-43)55-36-58-49-23-11-9-21-47(49)54(35-57(58)50-24-12-10-22-48(50)55)42-27-29-53-56(34-42)51-25-13-14-26-52(51)59-37-61-63(38-60(53)59)65-62-30-28-41-19-7-8-20-46(41)64(61)62/h1-38H. The summed E-state index contributed by atoms with van der Waals surface area (Å²) >= 11 is 0. The van der Waals surface area contributed by atoms with Crippen LogP contribution < -0.4 is 0 Å². The Labute approximate surface area is 375 Å². The molecule has 0 aliphatic carbocycles. The molecule has 1 aromatic heterocycles. The lowest BCUT2D eigenvalue weighted by atomic mass is 9.85. The van der Waals surface area contributed by atoms with Crippen LogP contribution >= 0.6 is 0 Å². The van der Waals surface area contributed by atoms with Gasteiger partial charge in [-0.05, 0) is 175 Å². The molecule has 0 unspecified atom stereocenters. The summed E-state index contributed by atoms with van der Waals surface area (Å²) in [6, 6.07) is 85.0. The highest BCUT2D eigenvalue weighted by molar-refractivity contribution is 6.31. The molecule has 1 nitrogen and oxygen atoms in total. The van der Waals surface area contributed by atoms with Gasteiger partial charge in [0.15, 0.2) is 0 Å². The predicted octanol–water partition coefficient (Wildman–Crippen LogP) is 18.3. The van der Waals surface area contributed by atoms with E-state index in [0.717, 1.165) is 16.6 Å². The van der Waals surface area contributed by atoms with E-state index in [9.17, 15) is 0 Å². The maximum absolute atomic E-state index is 6.64. The first-order valence-corrected chi connectivity index (χ1v) is 22.5. The van der Waals surface area contributed by atoms with E-state index in [1.807, 2.05) is 0 Å². The number of furan rings is 1. The molecule has 0 radical (unpaired) electrons. The van der Waals surface area contributed by atoms with Crippen molar-refractivity contribution in [2.24, 2.45) is 0 Å². The zero-order valence-corrected chi connectivity index (χ0v) is 35.3. The Morgan fingerprint density at radius 1 is 0.200 bits per heavy atom. The van der Waals surface area contributed by atoms with Gasteiger partial charge in [0.2, 0.25) is 0 Å². The van der Waals surface area contributed by atoms with E-state index in [-0.39, 0.29) is 0 Å². The molecule has 0 bridgehead atoms. The summed E-state index contributed by atoms with van der Waals surface area (Å²) in [6.07, 6.45) is 0. The Morgan fingerprint density at radius 2 is 0.646 bits per heavy atom. The van der Waals surface area contributed by atoms with Gasteiger partial charge in [-0.2, -0.15) is 0 Å². The first kappa shape index (κ1) is 36.0. The third kappa shape index (κ3) is 5.52. The smallest absolute Gasteiger partial charge is 0.136 e. The van der Waals surface area contributed by atoms with Crippen LogP contribution in [0.5, 0.6) is 0 Å². The van der Waals surface area contributed by atoms with Gasteiger partial charge in [0, 0.05) is 10.8 Å². The lowest BCUT2D eigenvalue weighted by Gasteiger charge is -2.18. The van der Waals surface area contributed by atoms with Gasteiger partial charge in [-0.1, -0.05) is 176 Å². The number of hydrogen-bond acceptors (Lipinski definition) is 1. The normalized spacial score (nSPS) is 12.0. The summed E-state index contributed by atoms with van der Waals surface area (Å²) in [5, 5.41) is 19.7. The fourth-order valence-electron chi connectivity index (χ4n) is 11.0. The lowest BCUT2D eigenvalue weighted by Crippen LogP contribution is -1.91. The highest BCUT2D eigenvalue weighted by atomic mass is 16.3. The van der Waals surface area contributed by atoms with Crippen molar-refractivity contribution in [3.05, 3.63) is 231 Å². The minimum Gasteiger partial charge on any atom is -0.456 e. The van der Waals surface area contributed by atoms with Crippen molar-refractivity contribution in [3.8, 4) is 44.5 Å². The molecule has 0 amide bonds. The second kappa shape index (κ2) is 14.0. The lowest BCUT2D eigenvalue weighted by molar-refractivity contribution is 0.670. The third-order valence-electron chi connectivity index (χ3n) is 14.0. The van der Waals surface area contributed by atoms with Crippen LogP contribution in [0.2, 0.25) is 0 Å². The maximum atomic E-state index is 6.64. The molecule has 0 saturated carbocycles. The molecule has 13 aromatic carbocycles. The summed E-state index contributed by atoms with van der Waals surface area (Å²) in [4.78, 5) is 0. The Hall–Kier alpha value is -8.52. The van der Waals surface area contributed by atoms with Crippen LogP contribution in [0.4, 0.5) is 0 Å². The van der Waals surface area contributed by atoms with Crippen molar-refractivity contribution < 1.29 is 4.42 Å². The fraction of sp³-hybridized carbons (Fsp3) is 0. The topological polar surface area (TPSA) is 13.1 Å². The summed E-state index contributed by atoms with van der Waals surface area (Å²) in [5.41, 5.74) is 11.5. The van der Waals surface area contributed by atoms with Gasteiger partial charge in [-0.15, -0.1) is 0 Å². The quantitative estimate of drug-likeness (QED) is 0.161. The molecule has 1 heteroatoms. The van der Waals surface area contributed by atoms with E-state index < -0.39 is 0 Å². The molecule has 0 N–H and O–H groups in total. The Morgan fingerprint density at radius 3 is 1.26 bits per heavy atom. The Bertz CT molecular complexity index is 4210. The molecular weight excluding hydrogens is 785 g/mol. The van der Waals surface area contributed by atoms with Crippen LogP contribution in [0.1, 0.15) is 0 Å². The number of rotatable bonds is 4. The van der Waals surface area contributed by atoms with E-state index in [1.54, 1.807) is 0 Å². The molecule has 0 saturated heterocycles. The molecule has 14 aromatic rings. The highest BCUT2D eigenvalue weighted by Crippen LogP contribution is 2.46. The predicted molar refractivity (Wildman–Crippen MR) is 278 cm³/mol. The van der Waals surface area contributed by atoms with Crippen LogP contribution in [0.25, 0.3) is 142 Å². The number of benzene rings is 13. The van der Waals surface area contributed by atoms with Crippen molar-refractivity contribution in [1.82, 2.24) is 0 Å². The van der Waals surface area contributed by atoms with Gasteiger partial charge < -0.3 is 4.42 Å². The molecule has 0 aliphatic heterocycles. The van der Waals surface area contributed by atoms with Gasteiger partial charge in [-0.3, -0.25) is 0 Å². The second-order valence-electron chi connectivity index (χ2n) is 17.5. The van der Waals surface area contributed by atoms with Crippen LogP contribution in [0.3, 0.4) is 0 Å². The van der Waals surface area contributed by atoms with Gasteiger partial charge >= 0.3 is 0 Å². The average Bonchev–Trinajstić information content (AvgIpc) is 3.76. The van der Waals surface area contributed by atoms with E-state index in [4.69, 9.17) is 4.42 Å². The minimum atomic E-state index is 0.916. The molecule has 0 atom stereocenters. The highest BCUT2D eigenvalue weighted by Gasteiger charge is 2.19. The molecular formula is C64H38O. The molecule has 0 fully saturated rings.